The average Bonchev–Trinajstić information content (AvgIpc) is 1.85. The number of carboxylic acid groups (broad SMARTS) is 1. The van der Waals surface area contributed by atoms with Gasteiger partial charge in [0.25, 0.3) is 0 Å². The third-order valence-electron chi connectivity index (χ3n) is 0.307. The molecule has 0 heterocycles. The summed E-state index contributed by atoms with van der Waals surface area (Å²) in [7, 11) is -1.17. The molecular weight excluding hydrogens is 179 g/mol. The van der Waals surface area contributed by atoms with Crippen LogP contribution in [0.25, 0.3) is 0 Å². The molecule has 0 radical (unpaired) electrons. The second-order valence-corrected chi connectivity index (χ2v) is 1.69. The van der Waals surface area contributed by atoms with E-state index in [1.54, 1.807) is 0 Å². The molecular formula is C2H8N2O4PS+. The van der Waals surface area contributed by atoms with Gasteiger partial charge in [-0.1, -0.05) is 11.9 Å². The minimum atomic E-state index is -1.17. The zero-order valence-electron chi connectivity index (χ0n) is 4.90. The first kappa shape index (κ1) is 12.3. The highest BCUT2D eigenvalue weighted by molar-refractivity contribution is 7.97. The summed E-state index contributed by atoms with van der Waals surface area (Å²) in [6, 6.07) is 0. The van der Waals surface area contributed by atoms with Gasteiger partial charge in [-0.3, -0.25) is 5.14 Å². The van der Waals surface area contributed by atoms with Gasteiger partial charge >= 0.3 is 14.8 Å². The SMILES string of the molecule is NSCNC(=O)O.O=[PH+]O. The number of carbonyl (C=O) groups is 1. The molecule has 1 amide bonds. The largest absolute Gasteiger partial charge is 0.491 e. The van der Waals surface area contributed by atoms with Crippen LogP contribution in [0.5, 0.6) is 0 Å². The number of hydrogen-bond acceptors (Lipinski definition) is 4. The molecule has 0 fully saturated rings. The Kier molecular flexibility index (Phi) is 14.1. The van der Waals surface area contributed by atoms with Crippen LogP contribution in [0.1, 0.15) is 0 Å². The van der Waals surface area contributed by atoms with Gasteiger partial charge in [-0.15, -0.1) is 0 Å². The smallest absolute Gasteiger partial charge is 0.465 e. The minimum Gasteiger partial charge on any atom is -0.465 e. The second kappa shape index (κ2) is 11.4. The van der Waals surface area contributed by atoms with E-state index in [2.05, 4.69) is 0 Å². The van der Waals surface area contributed by atoms with E-state index in [1.807, 2.05) is 5.32 Å². The second-order valence-electron chi connectivity index (χ2n) is 0.884. The first-order valence-corrected chi connectivity index (χ1v) is 3.89. The van der Waals surface area contributed by atoms with Gasteiger partial charge in [-0.2, -0.15) is 4.89 Å². The Bertz CT molecular complexity index is 101. The van der Waals surface area contributed by atoms with E-state index in [0.29, 0.717) is 0 Å². The molecule has 5 N–H and O–H groups in total. The van der Waals surface area contributed by atoms with Crippen LogP contribution in [0.4, 0.5) is 4.79 Å². The summed E-state index contributed by atoms with van der Waals surface area (Å²) in [5.74, 6) is 0.245. The fraction of sp³-hybridized carbons (Fsp3) is 0.500. The summed E-state index contributed by atoms with van der Waals surface area (Å²) < 4.78 is 8.51. The molecule has 0 aliphatic rings. The van der Waals surface area contributed by atoms with Crippen molar-refractivity contribution in [3.05, 3.63) is 0 Å². The van der Waals surface area contributed by atoms with E-state index in [1.165, 1.54) is 0 Å². The maximum atomic E-state index is 9.58. The van der Waals surface area contributed by atoms with Gasteiger partial charge in [0.2, 0.25) is 0 Å². The lowest BCUT2D eigenvalue weighted by molar-refractivity contribution is 0.196. The van der Waals surface area contributed by atoms with E-state index in [-0.39, 0.29) is 5.88 Å². The van der Waals surface area contributed by atoms with Gasteiger partial charge in [-0.25, -0.2) is 4.79 Å². The van der Waals surface area contributed by atoms with E-state index in [9.17, 15) is 4.79 Å². The fourth-order valence-electron chi connectivity index (χ4n) is 0.103. The first-order chi connectivity index (χ1) is 4.68. The molecule has 8 heteroatoms. The number of amides is 1. The standard InChI is InChI=1S/C2H6N2O2S.HO2P/c3-7-1-4-2(5)6;1-3-2/h4H,1,3H2,(H,5,6);3H/p+1. The number of nitrogens with two attached hydrogens (primary N) is 1. The lowest BCUT2D eigenvalue weighted by atomic mass is 11.1. The predicted molar refractivity (Wildman–Crippen MR) is 39.0 cm³/mol. The highest BCUT2D eigenvalue weighted by Gasteiger charge is 1.87. The summed E-state index contributed by atoms with van der Waals surface area (Å²) >= 11 is 0.938. The molecule has 0 rings (SSSR count). The Hall–Kier alpha value is -0.360. The van der Waals surface area contributed by atoms with Gasteiger partial charge in [0, 0.05) is 0 Å². The van der Waals surface area contributed by atoms with Crippen LogP contribution < -0.4 is 10.5 Å². The molecule has 1 unspecified atom stereocenters. The van der Waals surface area contributed by atoms with Crippen molar-refractivity contribution >= 4 is 26.7 Å². The van der Waals surface area contributed by atoms with E-state index < -0.39 is 14.8 Å². The molecule has 0 aromatic carbocycles. The molecule has 0 saturated heterocycles. The average molecular weight is 187 g/mol. The molecule has 1 atom stereocenters. The lowest BCUT2D eigenvalue weighted by Gasteiger charge is -1.91. The monoisotopic (exact) mass is 187 g/mol. The van der Waals surface area contributed by atoms with Gasteiger partial charge in [0.1, 0.15) is 0 Å². The fourth-order valence-corrected chi connectivity index (χ4v) is 0.310. The topological polar surface area (TPSA) is 113 Å². The summed E-state index contributed by atoms with van der Waals surface area (Å²) in [4.78, 5) is 16.6. The third kappa shape index (κ3) is 25.4. The number of rotatable bonds is 2. The van der Waals surface area contributed by atoms with Crippen LogP contribution in [-0.2, 0) is 4.57 Å². The van der Waals surface area contributed by atoms with Crippen molar-refractivity contribution < 1.29 is 19.4 Å². The summed E-state index contributed by atoms with van der Waals surface area (Å²) in [6.45, 7) is 0. The molecule has 6 nitrogen and oxygen atoms in total. The van der Waals surface area contributed by atoms with Gasteiger partial charge < -0.3 is 10.4 Å². The van der Waals surface area contributed by atoms with Crippen LogP contribution >= 0.6 is 20.6 Å². The number of hydrogen-bond donors (Lipinski definition) is 4. The molecule has 0 aliphatic heterocycles. The Morgan fingerprint density at radius 1 is 1.80 bits per heavy atom. The third-order valence-corrected chi connectivity index (χ3v) is 0.618. The Morgan fingerprint density at radius 3 is 2.30 bits per heavy atom. The molecule has 0 bridgehead atoms. The van der Waals surface area contributed by atoms with Crippen LogP contribution in [0, 0.1) is 0 Å². The predicted octanol–water partition coefficient (Wildman–Crippen LogP) is -0.264. The van der Waals surface area contributed by atoms with Crippen LogP contribution in [0.2, 0.25) is 0 Å². The van der Waals surface area contributed by atoms with Crippen molar-refractivity contribution in [2.75, 3.05) is 5.88 Å². The Balaban J connectivity index is 0. The summed E-state index contributed by atoms with van der Waals surface area (Å²) in [6.07, 6.45) is -1.04. The lowest BCUT2D eigenvalue weighted by Crippen LogP contribution is -2.20. The van der Waals surface area contributed by atoms with Crippen molar-refractivity contribution in [2.45, 2.75) is 0 Å². The van der Waals surface area contributed by atoms with Crippen LogP contribution in [0.15, 0.2) is 0 Å². The molecule has 0 aromatic rings. The number of nitrogens with one attached hydrogen (secondary N) is 1. The maximum Gasteiger partial charge on any atom is 0.491 e. The molecule has 10 heavy (non-hydrogen) atoms. The maximum absolute atomic E-state index is 9.58. The van der Waals surface area contributed by atoms with Crippen molar-refractivity contribution in [3.63, 3.8) is 0 Å². The van der Waals surface area contributed by atoms with Gasteiger partial charge in [0.05, 0.1) is 5.88 Å². The molecule has 60 valence electrons. The first-order valence-electron chi connectivity index (χ1n) is 1.98. The van der Waals surface area contributed by atoms with Crippen LogP contribution in [-0.4, -0.2) is 22.0 Å². The highest BCUT2D eigenvalue weighted by Crippen LogP contribution is 1.76. The Morgan fingerprint density at radius 2 is 2.20 bits per heavy atom. The van der Waals surface area contributed by atoms with Crippen molar-refractivity contribution in [2.24, 2.45) is 5.14 Å². The molecule has 0 spiro atoms. The Labute approximate surface area is 63.2 Å². The van der Waals surface area contributed by atoms with Crippen molar-refractivity contribution in [1.29, 1.82) is 0 Å². The highest BCUT2D eigenvalue weighted by atomic mass is 32.2. The van der Waals surface area contributed by atoms with Crippen LogP contribution in [0.3, 0.4) is 0 Å². The molecule has 0 aromatic heterocycles. The minimum absolute atomic E-state index is 0.245. The summed E-state index contributed by atoms with van der Waals surface area (Å²) in [5.41, 5.74) is 0. The van der Waals surface area contributed by atoms with Crippen molar-refractivity contribution in [1.82, 2.24) is 5.32 Å². The van der Waals surface area contributed by atoms with Gasteiger partial charge in [0.15, 0.2) is 0 Å². The zero-order chi connectivity index (χ0) is 8.41. The van der Waals surface area contributed by atoms with Crippen molar-refractivity contribution in [3.8, 4) is 0 Å². The quantitative estimate of drug-likeness (QED) is 0.269. The normalized spacial score (nSPS) is 7.80. The van der Waals surface area contributed by atoms with Gasteiger partial charge in [-0.05, 0) is 4.57 Å². The van der Waals surface area contributed by atoms with E-state index in [4.69, 9.17) is 19.7 Å². The van der Waals surface area contributed by atoms with E-state index in [0.717, 1.165) is 11.9 Å². The summed E-state index contributed by atoms with van der Waals surface area (Å²) in [5, 5.41) is 14.8. The van der Waals surface area contributed by atoms with E-state index >= 15 is 0 Å². The molecule has 0 saturated carbocycles. The zero-order valence-corrected chi connectivity index (χ0v) is 6.72. The molecule has 0 aliphatic carbocycles.